The lowest BCUT2D eigenvalue weighted by molar-refractivity contribution is 0.329. The Labute approximate surface area is 127 Å². The summed E-state index contributed by atoms with van der Waals surface area (Å²) in [5, 5.41) is 3.25. The zero-order chi connectivity index (χ0) is 14.4. The van der Waals surface area contributed by atoms with Crippen molar-refractivity contribution in [1.82, 2.24) is 4.98 Å². The van der Waals surface area contributed by atoms with Crippen molar-refractivity contribution in [1.29, 1.82) is 0 Å². The zero-order valence-corrected chi connectivity index (χ0v) is 13.1. The summed E-state index contributed by atoms with van der Waals surface area (Å²) in [5.74, 6) is 2.47. The van der Waals surface area contributed by atoms with Crippen molar-refractivity contribution in [2.45, 2.75) is 6.92 Å². The molecule has 2 aromatic rings. The lowest BCUT2D eigenvalue weighted by atomic mass is 10.3. The second kappa shape index (κ2) is 7.14. The number of anilines is 1. The number of methoxy groups -OCH3 is 1. The maximum absolute atomic E-state index is 5.65. The van der Waals surface area contributed by atoms with Crippen LogP contribution in [-0.2, 0) is 0 Å². The highest BCUT2D eigenvalue weighted by Gasteiger charge is 2.00. The lowest BCUT2D eigenvalue weighted by Gasteiger charge is -2.10. The molecule has 4 nitrogen and oxygen atoms in total. The molecule has 0 aliphatic carbocycles. The lowest BCUT2D eigenvalue weighted by Crippen LogP contribution is -2.13. The van der Waals surface area contributed by atoms with Crippen LogP contribution in [0.15, 0.2) is 41.0 Å². The van der Waals surface area contributed by atoms with Crippen LogP contribution >= 0.6 is 15.9 Å². The van der Waals surface area contributed by atoms with Crippen LogP contribution in [0.1, 0.15) is 5.56 Å². The number of halogens is 1. The number of pyridine rings is 1. The quantitative estimate of drug-likeness (QED) is 0.817. The number of nitrogens with one attached hydrogen (secondary N) is 1. The molecule has 0 aliphatic rings. The molecule has 106 valence electrons. The van der Waals surface area contributed by atoms with E-state index in [1.54, 1.807) is 13.3 Å². The van der Waals surface area contributed by atoms with Crippen molar-refractivity contribution < 1.29 is 9.47 Å². The van der Waals surface area contributed by atoms with Crippen molar-refractivity contribution >= 4 is 21.7 Å². The van der Waals surface area contributed by atoms with Crippen molar-refractivity contribution in [3.8, 4) is 11.5 Å². The van der Waals surface area contributed by atoms with E-state index in [9.17, 15) is 0 Å². The van der Waals surface area contributed by atoms with E-state index < -0.39 is 0 Å². The van der Waals surface area contributed by atoms with Gasteiger partial charge in [0, 0.05) is 16.7 Å². The fourth-order valence-corrected chi connectivity index (χ4v) is 2.20. The molecular weight excluding hydrogens is 320 g/mol. The number of nitrogens with zero attached hydrogens (tertiary/aromatic N) is 1. The summed E-state index contributed by atoms with van der Waals surface area (Å²) < 4.78 is 11.8. The maximum atomic E-state index is 5.65. The smallest absolute Gasteiger partial charge is 0.129 e. The molecule has 0 radical (unpaired) electrons. The number of rotatable bonds is 6. The Bertz CT molecular complexity index is 576. The van der Waals surface area contributed by atoms with Crippen LogP contribution in [-0.4, -0.2) is 25.2 Å². The average molecular weight is 337 g/mol. The first-order valence-electron chi connectivity index (χ1n) is 6.32. The Kier molecular flexibility index (Phi) is 5.24. The summed E-state index contributed by atoms with van der Waals surface area (Å²) in [6.45, 7) is 3.26. The molecule has 20 heavy (non-hydrogen) atoms. The number of hydrogen-bond donors (Lipinski definition) is 1. The molecule has 5 heteroatoms. The largest absolute Gasteiger partial charge is 0.497 e. The van der Waals surface area contributed by atoms with Crippen LogP contribution in [0.4, 0.5) is 5.82 Å². The third-order valence-corrected chi connectivity index (χ3v) is 3.18. The van der Waals surface area contributed by atoms with Gasteiger partial charge in [0.05, 0.1) is 13.7 Å². The second-order valence-electron chi connectivity index (χ2n) is 4.27. The van der Waals surface area contributed by atoms with Crippen LogP contribution in [0.5, 0.6) is 11.5 Å². The van der Waals surface area contributed by atoms with Gasteiger partial charge in [-0.05, 0) is 46.6 Å². The fourth-order valence-electron chi connectivity index (χ4n) is 1.75. The van der Waals surface area contributed by atoms with Gasteiger partial charge in [0.15, 0.2) is 0 Å². The molecule has 0 bridgehead atoms. The third-order valence-electron chi connectivity index (χ3n) is 2.75. The molecule has 0 atom stereocenters. The number of benzene rings is 1. The van der Waals surface area contributed by atoms with E-state index in [1.165, 1.54) is 0 Å². The fraction of sp³-hybridized carbons (Fsp3) is 0.267. The molecule has 0 fully saturated rings. The number of hydrogen-bond acceptors (Lipinski definition) is 4. The normalized spacial score (nSPS) is 10.2. The van der Waals surface area contributed by atoms with Crippen LogP contribution in [0.25, 0.3) is 0 Å². The van der Waals surface area contributed by atoms with E-state index in [1.807, 2.05) is 37.3 Å². The van der Waals surface area contributed by atoms with Crippen LogP contribution < -0.4 is 14.8 Å². The highest BCUT2D eigenvalue weighted by atomic mass is 79.9. The van der Waals surface area contributed by atoms with Crippen LogP contribution in [0.3, 0.4) is 0 Å². The van der Waals surface area contributed by atoms with Gasteiger partial charge in [-0.15, -0.1) is 0 Å². The average Bonchev–Trinajstić information content (AvgIpc) is 2.45. The minimum atomic E-state index is 0.560. The van der Waals surface area contributed by atoms with Gasteiger partial charge in [0.2, 0.25) is 0 Å². The zero-order valence-electron chi connectivity index (χ0n) is 11.5. The van der Waals surface area contributed by atoms with E-state index in [0.29, 0.717) is 13.2 Å². The van der Waals surface area contributed by atoms with Gasteiger partial charge in [0.25, 0.3) is 0 Å². The minimum absolute atomic E-state index is 0.560. The molecule has 1 aromatic carbocycles. The monoisotopic (exact) mass is 336 g/mol. The van der Waals surface area contributed by atoms with Crippen molar-refractivity contribution in [2.24, 2.45) is 0 Å². The third kappa shape index (κ3) is 4.13. The Morgan fingerprint density at radius 2 is 2.05 bits per heavy atom. The Morgan fingerprint density at radius 1 is 1.25 bits per heavy atom. The highest BCUT2D eigenvalue weighted by Crippen LogP contribution is 2.19. The summed E-state index contributed by atoms with van der Waals surface area (Å²) in [4.78, 5) is 4.32. The van der Waals surface area contributed by atoms with Gasteiger partial charge in [-0.2, -0.15) is 0 Å². The first-order chi connectivity index (χ1) is 9.69. The Morgan fingerprint density at radius 3 is 2.80 bits per heavy atom. The van der Waals surface area contributed by atoms with Gasteiger partial charge in [0.1, 0.15) is 23.9 Å². The van der Waals surface area contributed by atoms with Crippen molar-refractivity contribution in [3.63, 3.8) is 0 Å². The standard InChI is InChI=1S/C15H17BrN2O2/c1-11-8-12(16)10-18-15(11)17-6-7-20-14-5-3-4-13(9-14)19-2/h3-5,8-10H,6-7H2,1-2H3,(H,17,18). The maximum Gasteiger partial charge on any atom is 0.129 e. The Hall–Kier alpha value is -1.75. The number of aromatic nitrogens is 1. The first-order valence-corrected chi connectivity index (χ1v) is 7.11. The van der Waals surface area contributed by atoms with Gasteiger partial charge >= 0.3 is 0 Å². The van der Waals surface area contributed by atoms with Crippen molar-refractivity contribution in [2.75, 3.05) is 25.6 Å². The topological polar surface area (TPSA) is 43.4 Å². The summed E-state index contributed by atoms with van der Waals surface area (Å²) in [5.41, 5.74) is 1.10. The van der Waals surface area contributed by atoms with Crippen LogP contribution in [0.2, 0.25) is 0 Å². The summed E-state index contributed by atoms with van der Waals surface area (Å²) in [6.07, 6.45) is 1.78. The molecule has 0 saturated carbocycles. The highest BCUT2D eigenvalue weighted by molar-refractivity contribution is 9.10. The molecule has 1 N–H and O–H groups in total. The van der Waals surface area contributed by atoms with Crippen LogP contribution in [0, 0.1) is 6.92 Å². The molecular formula is C15H17BrN2O2. The minimum Gasteiger partial charge on any atom is -0.497 e. The summed E-state index contributed by atoms with van der Waals surface area (Å²) in [7, 11) is 1.64. The summed E-state index contributed by atoms with van der Waals surface area (Å²) >= 11 is 3.40. The van der Waals surface area contributed by atoms with E-state index in [2.05, 4.69) is 26.2 Å². The predicted octanol–water partition coefficient (Wildman–Crippen LogP) is 3.65. The molecule has 0 amide bonds. The van der Waals surface area contributed by atoms with E-state index in [4.69, 9.17) is 9.47 Å². The molecule has 0 saturated heterocycles. The molecule has 0 aliphatic heterocycles. The SMILES string of the molecule is COc1cccc(OCCNc2ncc(Br)cc2C)c1. The second-order valence-corrected chi connectivity index (χ2v) is 5.19. The number of ether oxygens (including phenoxy) is 2. The molecule has 2 rings (SSSR count). The van der Waals surface area contributed by atoms with Crippen molar-refractivity contribution in [3.05, 3.63) is 46.6 Å². The molecule has 0 unspecified atom stereocenters. The number of aryl methyl sites for hydroxylation is 1. The van der Waals surface area contributed by atoms with Gasteiger partial charge in [-0.1, -0.05) is 6.07 Å². The van der Waals surface area contributed by atoms with E-state index >= 15 is 0 Å². The molecule has 1 aromatic heterocycles. The van der Waals surface area contributed by atoms with Gasteiger partial charge in [-0.3, -0.25) is 0 Å². The van der Waals surface area contributed by atoms with E-state index in [-0.39, 0.29) is 0 Å². The van der Waals surface area contributed by atoms with Gasteiger partial charge in [-0.25, -0.2) is 4.98 Å². The summed E-state index contributed by atoms with van der Waals surface area (Å²) in [6, 6.07) is 9.59. The van der Waals surface area contributed by atoms with Gasteiger partial charge < -0.3 is 14.8 Å². The van der Waals surface area contributed by atoms with E-state index in [0.717, 1.165) is 27.4 Å². The first kappa shape index (κ1) is 14.7. The molecule has 0 spiro atoms. The predicted molar refractivity (Wildman–Crippen MR) is 83.7 cm³/mol. The Balaban J connectivity index is 1.81. The molecule has 1 heterocycles.